The lowest BCUT2D eigenvalue weighted by atomic mass is 10.2. The normalized spacial score (nSPS) is 10.2. The molecule has 0 aliphatic carbocycles. The molecule has 0 radical (unpaired) electrons. The van der Waals surface area contributed by atoms with Crippen LogP contribution in [0.15, 0.2) is 12.1 Å². The van der Waals surface area contributed by atoms with E-state index in [1.807, 2.05) is 19.1 Å². The third-order valence-electron chi connectivity index (χ3n) is 2.50. The van der Waals surface area contributed by atoms with Crippen LogP contribution in [0.5, 0.6) is 5.75 Å². The second-order valence-electron chi connectivity index (χ2n) is 4.70. The summed E-state index contributed by atoms with van der Waals surface area (Å²) in [5.74, 6) is 2.71. The maximum Gasteiger partial charge on any atom is 0.258 e. The summed E-state index contributed by atoms with van der Waals surface area (Å²) in [6.07, 6.45) is 5.07. The first kappa shape index (κ1) is 16.0. The minimum absolute atomic E-state index is 0.0684. The van der Waals surface area contributed by atoms with Gasteiger partial charge in [0, 0.05) is 18.3 Å². The number of terminal acetylenes is 1. The van der Waals surface area contributed by atoms with Crippen molar-refractivity contribution in [2.45, 2.75) is 33.4 Å². The molecule has 0 spiro atoms. The molecule has 1 amide bonds. The van der Waals surface area contributed by atoms with Crippen LogP contribution in [0.4, 0.5) is 0 Å². The van der Waals surface area contributed by atoms with E-state index in [0.717, 1.165) is 11.4 Å². The SMILES string of the molecule is C#CCNC(=O)COc1ccc(C)nc1CNC(C)C. The first-order valence-corrected chi connectivity index (χ1v) is 6.55. The van der Waals surface area contributed by atoms with E-state index >= 15 is 0 Å². The summed E-state index contributed by atoms with van der Waals surface area (Å²) in [4.78, 5) is 15.9. The zero-order valence-corrected chi connectivity index (χ0v) is 12.2. The topological polar surface area (TPSA) is 63.2 Å². The van der Waals surface area contributed by atoms with Gasteiger partial charge in [-0.1, -0.05) is 19.8 Å². The summed E-state index contributed by atoms with van der Waals surface area (Å²) < 4.78 is 5.50. The Bertz CT molecular complexity index is 492. The molecule has 0 fully saturated rings. The fourth-order valence-corrected chi connectivity index (χ4v) is 1.50. The van der Waals surface area contributed by atoms with E-state index in [4.69, 9.17) is 11.2 Å². The van der Waals surface area contributed by atoms with Crippen LogP contribution < -0.4 is 15.4 Å². The molecule has 0 atom stereocenters. The van der Waals surface area contributed by atoms with Crippen LogP contribution in [0.1, 0.15) is 25.2 Å². The fourth-order valence-electron chi connectivity index (χ4n) is 1.50. The van der Waals surface area contributed by atoms with E-state index in [1.165, 1.54) is 0 Å². The first-order chi connectivity index (χ1) is 9.52. The van der Waals surface area contributed by atoms with Crippen molar-refractivity contribution in [2.75, 3.05) is 13.2 Å². The third-order valence-corrected chi connectivity index (χ3v) is 2.50. The van der Waals surface area contributed by atoms with Crippen LogP contribution >= 0.6 is 0 Å². The van der Waals surface area contributed by atoms with Gasteiger partial charge in [0.25, 0.3) is 5.91 Å². The van der Waals surface area contributed by atoms with E-state index in [-0.39, 0.29) is 19.1 Å². The number of pyridine rings is 1. The molecular formula is C15H21N3O2. The lowest BCUT2D eigenvalue weighted by molar-refractivity contribution is -0.122. The molecule has 20 heavy (non-hydrogen) atoms. The maximum absolute atomic E-state index is 11.5. The molecule has 0 unspecified atom stereocenters. The van der Waals surface area contributed by atoms with E-state index in [1.54, 1.807) is 0 Å². The van der Waals surface area contributed by atoms with Crippen LogP contribution in [0.3, 0.4) is 0 Å². The van der Waals surface area contributed by atoms with Gasteiger partial charge in [-0.2, -0.15) is 0 Å². The van der Waals surface area contributed by atoms with Crippen molar-refractivity contribution in [1.29, 1.82) is 0 Å². The van der Waals surface area contributed by atoms with Gasteiger partial charge in [0.05, 0.1) is 12.2 Å². The highest BCUT2D eigenvalue weighted by Crippen LogP contribution is 2.16. The summed E-state index contributed by atoms with van der Waals surface area (Å²) in [7, 11) is 0. The Balaban J connectivity index is 2.64. The summed E-state index contributed by atoms with van der Waals surface area (Å²) in [5, 5.41) is 5.83. The van der Waals surface area contributed by atoms with Gasteiger partial charge in [0.2, 0.25) is 0 Å². The number of carbonyl (C=O) groups is 1. The Hall–Kier alpha value is -2.06. The van der Waals surface area contributed by atoms with Gasteiger partial charge in [-0.05, 0) is 19.1 Å². The molecule has 0 aromatic carbocycles. The quantitative estimate of drug-likeness (QED) is 0.729. The van der Waals surface area contributed by atoms with Gasteiger partial charge in [-0.3, -0.25) is 9.78 Å². The van der Waals surface area contributed by atoms with E-state index in [2.05, 4.69) is 35.4 Å². The lowest BCUT2D eigenvalue weighted by Gasteiger charge is -2.13. The number of hydrogen-bond donors (Lipinski definition) is 2. The number of ether oxygens (including phenoxy) is 1. The Labute approximate surface area is 120 Å². The lowest BCUT2D eigenvalue weighted by Crippen LogP contribution is -2.29. The van der Waals surface area contributed by atoms with E-state index in [0.29, 0.717) is 18.3 Å². The Morgan fingerprint density at radius 2 is 2.25 bits per heavy atom. The number of rotatable bonds is 7. The fraction of sp³-hybridized carbons (Fsp3) is 0.467. The average Bonchev–Trinajstić information content (AvgIpc) is 2.41. The van der Waals surface area contributed by atoms with Crippen molar-refractivity contribution in [3.63, 3.8) is 0 Å². The third kappa shape index (κ3) is 5.72. The molecule has 1 heterocycles. The van der Waals surface area contributed by atoms with Crippen molar-refractivity contribution in [3.05, 3.63) is 23.5 Å². The van der Waals surface area contributed by atoms with Crippen molar-refractivity contribution in [3.8, 4) is 18.1 Å². The molecule has 1 aromatic rings. The molecule has 1 rings (SSSR count). The first-order valence-electron chi connectivity index (χ1n) is 6.55. The van der Waals surface area contributed by atoms with Crippen LogP contribution in [-0.2, 0) is 11.3 Å². The second-order valence-corrected chi connectivity index (χ2v) is 4.70. The standard InChI is InChI=1S/C15H21N3O2/c1-5-8-16-15(19)10-20-14-7-6-12(4)18-13(14)9-17-11(2)3/h1,6-7,11,17H,8-10H2,2-4H3,(H,16,19). The minimum atomic E-state index is -0.244. The molecule has 0 aliphatic rings. The summed E-state index contributed by atoms with van der Waals surface area (Å²) in [6, 6.07) is 4.03. The molecule has 1 aromatic heterocycles. The summed E-state index contributed by atoms with van der Waals surface area (Å²) in [6.45, 7) is 6.77. The number of nitrogens with one attached hydrogen (secondary N) is 2. The molecule has 0 aliphatic heterocycles. The Kier molecular flexibility index (Phi) is 6.54. The van der Waals surface area contributed by atoms with Crippen molar-refractivity contribution >= 4 is 5.91 Å². The molecule has 5 heteroatoms. The zero-order valence-electron chi connectivity index (χ0n) is 12.2. The van der Waals surface area contributed by atoms with Crippen molar-refractivity contribution in [1.82, 2.24) is 15.6 Å². The number of aryl methyl sites for hydroxylation is 1. The molecule has 2 N–H and O–H groups in total. The van der Waals surface area contributed by atoms with Crippen molar-refractivity contribution in [2.24, 2.45) is 0 Å². The number of amides is 1. The van der Waals surface area contributed by atoms with Crippen LogP contribution in [0, 0.1) is 19.3 Å². The van der Waals surface area contributed by atoms with Gasteiger partial charge < -0.3 is 15.4 Å². The monoisotopic (exact) mass is 275 g/mol. The van der Waals surface area contributed by atoms with E-state index in [9.17, 15) is 4.79 Å². The number of nitrogens with zero attached hydrogens (tertiary/aromatic N) is 1. The van der Waals surface area contributed by atoms with Gasteiger partial charge in [-0.15, -0.1) is 6.42 Å². The molecule has 5 nitrogen and oxygen atoms in total. The van der Waals surface area contributed by atoms with Crippen LogP contribution in [0.2, 0.25) is 0 Å². The van der Waals surface area contributed by atoms with Crippen molar-refractivity contribution < 1.29 is 9.53 Å². The minimum Gasteiger partial charge on any atom is -0.482 e. The maximum atomic E-state index is 11.5. The molecule has 108 valence electrons. The summed E-state index contributed by atoms with van der Waals surface area (Å²) in [5.41, 5.74) is 1.71. The van der Waals surface area contributed by atoms with Crippen LogP contribution in [-0.4, -0.2) is 30.1 Å². The van der Waals surface area contributed by atoms with Gasteiger partial charge in [-0.25, -0.2) is 0 Å². The zero-order chi connectivity index (χ0) is 15.0. The predicted octanol–water partition coefficient (Wildman–Crippen LogP) is 1.02. The number of carbonyl (C=O) groups excluding carboxylic acids is 1. The molecular weight excluding hydrogens is 254 g/mol. The van der Waals surface area contributed by atoms with Gasteiger partial charge in [0.1, 0.15) is 5.75 Å². The largest absolute Gasteiger partial charge is 0.482 e. The smallest absolute Gasteiger partial charge is 0.258 e. The predicted molar refractivity (Wildman–Crippen MR) is 78.3 cm³/mol. The van der Waals surface area contributed by atoms with E-state index < -0.39 is 0 Å². The number of hydrogen-bond acceptors (Lipinski definition) is 4. The van der Waals surface area contributed by atoms with Gasteiger partial charge >= 0.3 is 0 Å². The second kappa shape index (κ2) is 8.18. The van der Waals surface area contributed by atoms with Gasteiger partial charge in [0.15, 0.2) is 6.61 Å². The molecule has 0 saturated heterocycles. The molecule has 0 saturated carbocycles. The summed E-state index contributed by atoms with van der Waals surface area (Å²) >= 11 is 0. The highest BCUT2D eigenvalue weighted by Gasteiger charge is 2.09. The highest BCUT2D eigenvalue weighted by atomic mass is 16.5. The average molecular weight is 275 g/mol. The Morgan fingerprint density at radius 3 is 2.90 bits per heavy atom. The highest BCUT2D eigenvalue weighted by molar-refractivity contribution is 5.77. The molecule has 0 bridgehead atoms. The number of aromatic nitrogens is 1. The van der Waals surface area contributed by atoms with Crippen LogP contribution in [0.25, 0.3) is 0 Å². The Morgan fingerprint density at radius 1 is 1.50 bits per heavy atom.